The van der Waals surface area contributed by atoms with Crippen molar-refractivity contribution in [1.82, 2.24) is 9.21 Å². The molecule has 0 radical (unpaired) electrons. The highest BCUT2D eigenvalue weighted by molar-refractivity contribution is 7.90. The lowest BCUT2D eigenvalue weighted by molar-refractivity contribution is 0.258. The topological polar surface area (TPSA) is 63.0 Å². The number of nitrogens with zero attached hydrogens (tertiary/aromatic N) is 2. The lowest BCUT2D eigenvalue weighted by Crippen LogP contribution is -2.37. The lowest BCUT2D eigenvalue weighted by Gasteiger charge is -2.21. The minimum absolute atomic E-state index is 0.121. The Morgan fingerprint density at radius 2 is 2.00 bits per heavy atom. The quantitative estimate of drug-likeness (QED) is 0.815. The van der Waals surface area contributed by atoms with Gasteiger partial charge in [-0.2, -0.15) is 0 Å². The van der Waals surface area contributed by atoms with Crippen LogP contribution in [0.15, 0.2) is 28.7 Å². The molecular weight excluding hydrogens is 340 g/mol. The van der Waals surface area contributed by atoms with Crippen LogP contribution in [0.3, 0.4) is 0 Å². The van der Waals surface area contributed by atoms with Crippen LogP contribution >= 0.6 is 0 Å². The summed E-state index contributed by atoms with van der Waals surface area (Å²) in [6.45, 7) is 3.54. The van der Waals surface area contributed by atoms with Gasteiger partial charge in [-0.1, -0.05) is 0 Å². The molecule has 0 unspecified atom stereocenters. The van der Waals surface area contributed by atoms with Gasteiger partial charge in [0.1, 0.15) is 17.1 Å². The molecule has 2 heterocycles. The molecule has 1 aliphatic heterocycles. The summed E-state index contributed by atoms with van der Waals surface area (Å²) in [6, 6.07) is 7.82. The van der Waals surface area contributed by atoms with Crippen LogP contribution in [0.25, 0.3) is 11.0 Å². The van der Waals surface area contributed by atoms with E-state index in [9.17, 15) is 8.42 Å². The molecule has 0 amide bonds. The number of ether oxygens (including phenoxy) is 1. The average Bonchev–Trinajstić information content (AvgIpc) is 3.40. The molecule has 136 valence electrons. The number of sulfonamides is 1. The molecule has 0 N–H and O–H groups in total. The van der Waals surface area contributed by atoms with Gasteiger partial charge in [0.2, 0.25) is 10.0 Å². The van der Waals surface area contributed by atoms with Crippen molar-refractivity contribution in [1.29, 1.82) is 0 Å². The van der Waals surface area contributed by atoms with Gasteiger partial charge in [-0.05, 0) is 50.1 Å². The van der Waals surface area contributed by atoms with E-state index in [1.807, 2.05) is 24.3 Å². The van der Waals surface area contributed by atoms with Crippen molar-refractivity contribution in [2.45, 2.75) is 31.1 Å². The second-order valence-electron chi connectivity index (χ2n) is 6.89. The van der Waals surface area contributed by atoms with E-state index in [1.165, 1.54) is 0 Å². The Bertz CT molecular complexity index is 857. The van der Waals surface area contributed by atoms with Gasteiger partial charge >= 0.3 is 0 Å². The van der Waals surface area contributed by atoms with Crippen molar-refractivity contribution >= 4 is 21.0 Å². The molecule has 1 aliphatic carbocycles. The Morgan fingerprint density at radius 3 is 2.76 bits per heavy atom. The first-order valence-electron chi connectivity index (χ1n) is 8.84. The van der Waals surface area contributed by atoms with E-state index in [1.54, 1.807) is 11.4 Å². The van der Waals surface area contributed by atoms with Crippen molar-refractivity contribution in [3.05, 3.63) is 30.0 Å². The summed E-state index contributed by atoms with van der Waals surface area (Å²) in [4.78, 5) is 2.28. The van der Waals surface area contributed by atoms with Gasteiger partial charge < -0.3 is 9.15 Å². The van der Waals surface area contributed by atoms with Crippen LogP contribution in [-0.4, -0.2) is 56.2 Å². The number of hydrogen-bond acceptors (Lipinski definition) is 5. The summed E-state index contributed by atoms with van der Waals surface area (Å²) in [7, 11) is -1.41. The zero-order valence-electron chi connectivity index (χ0n) is 14.5. The summed E-state index contributed by atoms with van der Waals surface area (Å²) < 4.78 is 37.7. The zero-order chi connectivity index (χ0) is 17.4. The standard InChI is InChI=1S/C18H24N2O4S/c1-23-15-3-6-18-14(11-15)12-16(24-18)13-19-7-2-8-20(10-9-19)25(21,22)17-4-5-17/h3,6,11-12,17H,2,4-5,7-10,13H2,1H3. The van der Waals surface area contributed by atoms with Gasteiger partial charge in [-0.15, -0.1) is 0 Å². The van der Waals surface area contributed by atoms with Crippen LogP contribution < -0.4 is 4.74 Å². The second-order valence-corrected chi connectivity index (χ2v) is 9.10. The van der Waals surface area contributed by atoms with E-state index < -0.39 is 10.0 Å². The first kappa shape index (κ1) is 16.9. The SMILES string of the molecule is COc1ccc2oc(CN3CCCN(S(=O)(=O)C4CC4)CC3)cc2c1. The molecule has 0 bridgehead atoms. The average molecular weight is 364 g/mol. The second kappa shape index (κ2) is 6.63. The molecular formula is C18H24N2O4S. The summed E-state index contributed by atoms with van der Waals surface area (Å²) in [5, 5.41) is 0.909. The van der Waals surface area contributed by atoms with Crippen molar-refractivity contribution in [2.24, 2.45) is 0 Å². The first-order chi connectivity index (χ1) is 12.1. The van der Waals surface area contributed by atoms with Gasteiger partial charge in [-0.3, -0.25) is 4.90 Å². The Balaban J connectivity index is 1.43. The van der Waals surface area contributed by atoms with Crippen molar-refractivity contribution in [2.75, 3.05) is 33.3 Å². The van der Waals surface area contributed by atoms with E-state index in [0.29, 0.717) is 19.6 Å². The zero-order valence-corrected chi connectivity index (χ0v) is 15.3. The third-order valence-electron chi connectivity index (χ3n) is 5.01. The molecule has 25 heavy (non-hydrogen) atoms. The Labute approximate surface area is 148 Å². The highest BCUT2D eigenvalue weighted by atomic mass is 32.2. The summed E-state index contributed by atoms with van der Waals surface area (Å²) in [5.74, 6) is 1.72. The molecule has 2 aromatic rings. The van der Waals surface area contributed by atoms with Gasteiger partial charge in [0.15, 0.2) is 0 Å². The summed E-state index contributed by atoms with van der Waals surface area (Å²) in [5.41, 5.74) is 0.851. The van der Waals surface area contributed by atoms with E-state index in [-0.39, 0.29) is 5.25 Å². The normalized spacial score (nSPS) is 20.7. The van der Waals surface area contributed by atoms with Gasteiger partial charge in [0.05, 0.1) is 18.9 Å². The van der Waals surface area contributed by atoms with Crippen LogP contribution in [0.4, 0.5) is 0 Å². The molecule has 1 aromatic carbocycles. The van der Waals surface area contributed by atoms with Crippen LogP contribution in [0.2, 0.25) is 0 Å². The summed E-state index contributed by atoms with van der Waals surface area (Å²) >= 11 is 0. The number of methoxy groups -OCH3 is 1. The molecule has 0 spiro atoms. The largest absolute Gasteiger partial charge is 0.497 e. The molecule has 2 fully saturated rings. The van der Waals surface area contributed by atoms with Crippen molar-refractivity contribution < 1.29 is 17.6 Å². The number of benzene rings is 1. The molecule has 6 nitrogen and oxygen atoms in total. The highest BCUT2D eigenvalue weighted by Crippen LogP contribution is 2.31. The van der Waals surface area contributed by atoms with Crippen LogP contribution in [0.5, 0.6) is 5.75 Å². The maximum absolute atomic E-state index is 12.4. The molecule has 1 saturated carbocycles. The number of fused-ring (bicyclic) bond motifs is 1. The summed E-state index contributed by atoms with van der Waals surface area (Å²) in [6.07, 6.45) is 2.51. The smallest absolute Gasteiger partial charge is 0.217 e. The minimum atomic E-state index is -3.07. The molecule has 0 atom stereocenters. The van der Waals surface area contributed by atoms with E-state index in [2.05, 4.69) is 4.90 Å². The van der Waals surface area contributed by atoms with E-state index in [0.717, 1.165) is 54.8 Å². The number of furan rings is 1. The lowest BCUT2D eigenvalue weighted by atomic mass is 10.2. The van der Waals surface area contributed by atoms with Gasteiger partial charge in [0, 0.05) is 25.0 Å². The minimum Gasteiger partial charge on any atom is -0.497 e. The Hall–Kier alpha value is -1.57. The van der Waals surface area contributed by atoms with Crippen molar-refractivity contribution in [3.8, 4) is 5.75 Å². The molecule has 4 rings (SSSR count). The Morgan fingerprint density at radius 1 is 1.16 bits per heavy atom. The molecule has 2 aliphatic rings. The van der Waals surface area contributed by atoms with Crippen molar-refractivity contribution in [3.63, 3.8) is 0 Å². The van der Waals surface area contributed by atoms with E-state index >= 15 is 0 Å². The molecule has 1 saturated heterocycles. The van der Waals surface area contributed by atoms with E-state index in [4.69, 9.17) is 9.15 Å². The number of hydrogen-bond donors (Lipinski definition) is 0. The fourth-order valence-corrected chi connectivity index (χ4v) is 5.31. The predicted molar refractivity (Wildman–Crippen MR) is 96.2 cm³/mol. The van der Waals surface area contributed by atoms with Crippen LogP contribution in [0.1, 0.15) is 25.0 Å². The highest BCUT2D eigenvalue weighted by Gasteiger charge is 2.40. The maximum atomic E-state index is 12.4. The Kier molecular flexibility index (Phi) is 4.47. The van der Waals surface area contributed by atoms with Crippen LogP contribution in [0, 0.1) is 0 Å². The fraction of sp³-hybridized carbons (Fsp3) is 0.556. The predicted octanol–water partition coefficient (Wildman–Crippen LogP) is 2.44. The third-order valence-corrected chi connectivity index (χ3v) is 7.41. The molecule has 1 aromatic heterocycles. The maximum Gasteiger partial charge on any atom is 0.217 e. The number of rotatable bonds is 5. The van der Waals surface area contributed by atoms with Gasteiger partial charge in [-0.25, -0.2) is 12.7 Å². The third kappa shape index (κ3) is 3.54. The fourth-order valence-electron chi connectivity index (χ4n) is 3.44. The van der Waals surface area contributed by atoms with Gasteiger partial charge in [0.25, 0.3) is 0 Å². The van der Waals surface area contributed by atoms with Crippen LogP contribution in [-0.2, 0) is 16.6 Å². The molecule has 7 heteroatoms. The first-order valence-corrected chi connectivity index (χ1v) is 10.3. The monoisotopic (exact) mass is 364 g/mol.